The Bertz CT molecular complexity index is 1490. The van der Waals surface area contributed by atoms with E-state index < -0.39 is 5.41 Å². The summed E-state index contributed by atoms with van der Waals surface area (Å²) < 4.78 is 5.50. The first-order valence-corrected chi connectivity index (χ1v) is 10.8. The molecule has 3 aromatic heterocycles. The van der Waals surface area contributed by atoms with Gasteiger partial charge in [-0.15, -0.1) is 10.2 Å². The molecular formula is C24H17ClN6O2. The number of carbonyl (C=O) groups excluding carboxylic acids is 1. The second-order valence-electron chi connectivity index (χ2n) is 8.07. The van der Waals surface area contributed by atoms with Crippen LogP contribution in [0.4, 0.5) is 5.69 Å². The van der Waals surface area contributed by atoms with Gasteiger partial charge in [-0.25, -0.2) is 0 Å². The molecule has 3 heterocycles. The van der Waals surface area contributed by atoms with Gasteiger partial charge in [-0.05, 0) is 59.5 Å². The van der Waals surface area contributed by atoms with Crippen LogP contribution in [0.1, 0.15) is 18.4 Å². The van der Waals surface area contributed by atoms with Crippen molar-refractivity contribution in [2.24, 2.45) is 0 Å². The van der Waals surface area contributed by atoms with E-state index in [0.29, 0.717) is 27.7 Å². The van der Waals surface area contributed by atoms with Gasteiger partial charge in [-0.3, -0.25) is 9.78 Å². The second-order valence-corrected chi connectivity index (χ2v) is 8.51. The Morgan fingerprint density at radius 2 is 2.00 bits per heavy atom. The van der Waals surface area contributed by atoms with Crippen LogP contribution < -0.4 is 5.32 Å². The minimum atomic E-state index is -0.551. The molecule has 1 aliphatic carbocycles. The first kappa shape index (κ1) is 19.6. The lowest BCUT2D eigenvalue weighted by Gasteiger charge is -2.17. The Labute approximate surface area is 193 Å². The van der Waals surface area contributed by atoms with E-state index in [1.54, 1.807) is 12.5 Å². The third-order valence-corrected chi connectivity index (χ3v) is 6.27. The van der Waals surface area contributed by atoms with Crippen molar-refractivity contribution in [3.05, 3.63) is 77.6 Å². The van der Waals surface area contributed by atoms with E-state index in [2.05, 4.69) is 30.9 Å². The number of furan rings is 1. The largest absolute Gasteiger partial charge is 0.463 e. The molecule has 33 heavy (non-hydrogen) atoms. The van der Waals surface area contributed by atoms with E-state index in [-0.39, 0.29) is 5.91 Å². The molecule has 162 valence electrons. The highest BCUT2D eigenvalue weighted by atomic mass is 35.5. The molecule has 0 radical (unpaired) electrons. The van der Waals surface area contributed by atoms with Crippen LogP contribution in [0.15, 0.2) is 71.5 Å². The number of hydrogen-bond donors (Lipinski definition) is 2. The molecule has 0 unspecified atom stereocenters. The molecule has 5 aromatic rings. The molecule has 2 N–H and O–H groups in total. The molecule has 1 fully saturated rings. The van der Waals surface area contributed by atoms with Crippen LogP contribution in [-0.2, 0) is 10.2 Å². The lowest BCUT2D eigenvalue weighted by Crippen LogP contribution is -2.27. The minimum absolute atomic E-state index is 0.0600. The SMILES string of the molecule is O=C(Nc1ccc(-c2cnc3ccoc3c2)c(-c2nn[nH]n2)c1)C1(c2cccc(Cl)c2)CC1. The monoisotopic (exact) mass is 456 g/mol. The molecule has 1 amide bonds. The van der Waals surface area contributed by atoms with Crippen molar-refractivity contribution in [1.29, 1.82) is 0 Å². The van der Waals surface area contributed by atoms with Crippen molar-refractivity contribution in [3.8, 4) is 22.5 Å². The second kappa shape index (κ2) is 7.53. The van der Waals surface area contributed by atoms with Gasteiger partial charge in [0.15, 0.2) is 5.58 Å². The molecular weight excluding hydrogens is 440 g/mol. The predicted molar refractivity (Wildman–Crippen MR) is 124 cm³/mol. The number of nitrogens with zero attached hydrogens (tertiary/aromatic N) is 4. The standard InChI is InChI=1S/C24H17ClN6O2/c25-16-3-1-2-15(11-16)24(7-8-24)23(32)27-17-4-5-18(19(12-17)22-28-30-31-29-22)14-10-21-20(26-13-14)6-9-33-21/h1-6,9-13H,7-8H2,(H,27,32)(H,28,29,30,31). The smallest absolute Gasteiger partial charge is 0.235 e. The zero-order valence-corrected chi connectivity index (χ0v) is 18.0. The summed E-state index contributed by atoms with van der Waals surface area (Å²) in [4.78, 5) is 17.7. The van der Waals surface area contributed by atoms with Crippen molar-refractivity contribution in [2.45, 2.75) is 18.3 Å². The number of aromatic nitrogens is 5. The molecule has 1 aliphatic rings. The number of pyridine rings is 1. The Morgan fingerprint density at radius 1 is 1.09 bits per heavy atom. The van der Waals surface area contributed by atoms with E-state index in [4.69, 9.17) is 16.0 Å². The first-order valence-electron chi connectivity index (χ1n) is 10.4. The van der Waals surface area contributed by atoms with Crippen molar-refractivity contribution in [2.75, 3.05) is 5.32 Å². The summed E-state index contributed by atoms with van der Waals surface area (Å²) in [6.45, 7) is 0. The summed E-state index contributed by atoms with van der Waals surface area (Å²) in [7, 11) is 0. The molecule has 9 heteroatoms. The number of carbonyl (C=O) groups is 1. The van der Waals surface area contributed by atoms with E-state index in [1.807, 2.05) is 54.6 Å². The third kappa shape index (κ3) is 3.44. The Kier molecular flexibility index (Phi) is 4.48. The first-order chi connectivity index (χ1) is 16.1. The zero-order valence-electron chi connectivity index (χ0n) is 17.2. The molecule has 8 nitrogen and oxygen atoms in total. The molecule has 0 bridgehead atoms. The van der Waals surface area contributed by atoms with Crippen LogP contribution in [0.3, 0.4) is 0 Å². The molecule has 6 rings (SSSR count). The number of rotatable bonds is 5. The van der Waals surface area contributed by atoms with Crippen LogP contribution >= 0.6 is 11.6 Å². The highest BCUT2D eigenvalue weighted by molar-refractivity contribution is 6.30. The molecule has 0 atom stereocenters. The lowest BCUT2D eigenvalue weighted by atomic mass is 9.94. The summed E-state index contributed by atoms with van der Waals surface area (Å²) in [5.74, 6) is 0.354. The average molecular weight is 457 g/mol. The van der Waals surface area contributed by atoms with Crippen molar-refractivity contribution >= 4 is 34.3 Å². The maximum Gasteiger partial charge on any atom is 0.235 e. The van der Waals surface area contributed by atoms with Gasteiger partial charge >= 0.3 is 0 Å². The normalized spacial score (nSPS) is 14.3. The molecule has 0 saturated heterocycles. The Morgan fingerprint density at radius 3 is 2.79 bits per heavy atom. The number of halogens is 1. The van der Waals surface area contributed by atoms with Crippen molar-refractivity contribution in [3.63, 3.8) is 0 Å². The van der Waals surface area contributed by atoms with Crippen LogP contribution in [0.25, 0.3) is 33.6 Å². The fourth-order valence-electron chi connectivity index (χ4n) is 4.14. The van der Waals surface area contributed by atoms with Gasteiger partial charge in [-0.2, -0.15) is 5.21 Å². The highest BCUT2D eigenvalue weighted by Gasteiger charge is 2.51. The Balaban J connectivity index is 1.37. The topological polar surface area (TPSA) is 110 Å². The van der Waals surface area contributed by atoms with E-state index in [0.717, 1.165) is 35.0 Å². The van der Waals surface area contributed by atoms with Crippen molar-refractivity contribution < 1.29 is 9.21 Å². The van der Waals surface area contributed by atoms with Gasteiger partial charge < -0.3 is 9.73 Å². The summed E-state index contributed by atoms with van der Waals surface area (Å²) in [6.07, 6.45) is 4.94. The Hall–Kier alpha value is -4.04. The van der Waals surface area contributed by atoms with E-state index >= 15 is 0 Å². The van der Waals surface area contributed by atoms with Crippen LogP contribution in [-0.4, -0.2) is 31.5 Å². The number of anilines is 1. The summed E-state index contributed by atoms with van der Waals surface area (Å²) in [5, 5.41) is 18.2. The fourth-order valence-corrected chi connectivity index (χ4v) is 4.33. The van der Waals surface area contributed by atoms with Crippen LogP contribution in [0, 0.1) is 0 Å². The number of amides is 1. The zero-order chi connectivity index (χ0) is 22.4. The average Bonchev–Trinajstić information content (AvgIpc) is 3.23. The fraction of sp³-hybridized carbons (Fsp3) is 0.125. The van der Waals surface area contributed by atoms with E-state index in [1.165, 1.54) is 0 Å². The molecule has 1 saturated carbocycles. The quantitative estimate of drug-likeness (QED) is 0.385. The predicted octanol–water partition coefficient (Wildman–Crippen LogP) is 5.00. The number of fused-ring (bicyclic) bond motifs is 1. The number of nitrogens with one attached hydrogen (secondary N) is 2. The molecule has 0 spiro atoms. The van der Waals surface area contributed by atoms with Crippen molar-refractivity contribution in [1.82, 2.24) is 25.6 Å². The number of aromatic amines is 1. The summed E-state index contributed by atoms with van der Waals surface area (Å²) >= 11 is 6.16. The molecule has 2 aromatic carbocycles. The van der Waals surface area contributed by atoms with Gasteiger partial charge in [0.25, 0.3) is 0 Å². The van der Waals surface area contributed by atoms with Crippen LogP contribution in [0.2, 0.25) is 5.02 Å². The summed E-state index contributed by atoms with van der Waals surface area (Å²) in [6, 6.07) is 16.8. The number of benzene rings is 2. The number of tetrazole rings is 1. The number of hydrogen-bond acceptors (Lipinski definition) is 6. The van der Waals surface area contributed by atoms with Gasteiger partial charge in [-0.1, -0.05) is 29.8 Å². The molecule has 0 aliphatic heterocycles. The van der Waals surface area contributed by atoms with Gasteiger partial charge in [0.05, 0.1) is 11.7 Å². The van der Waals surface area contributed by atoms with Gasteiger partial charge in [0.1, 0.15) is 5.52 Å². The minimum Gasteiger partial charge on any atom is -0.463 e. The number of H-pyrrole nitrogens is 1. The highest BCUT2D eigenvalue weighted by Crippen LogP contribution is 2.49. The maximum atomic E-state index is 13.3. The third-order valence-electron chi connectivity index (χ3n) is 6.04. The van der Waals surface area contributed by atoms with Crippen LogP contribution in [0.5, 0.6) is 0 Å². The van der Waals surface area contributed by atoms with Gasteiger partial charge in [0, 0.05) is 34.1 Å². The van der Waals surface area contributed by atoms with Gasteiger partial charge in [0.2, 0.25) is 11.7 Å². The van der Waals surface area contributed by atoms with E-state index in [9.17, 15) is 4.79 Å². The maximum absolute atomic E-state index is 13.3. The summed E-state index contributed by atoms with van der Waals surface area (Å²) in [5.41, 5.74) is 4.88. The lowest BCUT2D eigenvalue weighted by molar-refractivity contribution is -0.118.